The molecule has 4 N–H and O–H groups in total. The predicted molar refractivity (Wildman–Crippen MR) is 122 cm³/mol. The van der Waals surface area contributed by atoms with Crippen LogP contribution in [0, 0.1) is 0 Å². The number of aliphatic hydroxyl groups excluding tert-OH is 1. The van der Waals surface area contributed by atoms with Crippen molar-refractivity contribution in [2.75, 3.05) is 39.8 Å². The molecule has 0 aromatic carbocycles. The van der Waals surface area contributed by atoms with Crippen LogP contribution in [0.1, 0.15) is 30.7 Å². The van der Waals surface area contributed by atoms with Gasteiger partial charge in [0.25, 0.3) is 0 Å². The van der Waals surface area contributed by atoms with Crippen LogP contribution in [0.25, 0.3) is 0 Å². The Labute approximate surface area is 187 Å². The number of nitrogens with zero attached hydrogens (tertiary/aromatic N) is 2. The number of hydrogen-bond acceptors (Lipinski definition) is 5. The van der Waals surface area contributed by atoms with Gasteiger partial charge >= 0.3 is 0 Å². The van der Waals surface area contributed by atoms with E-state index in [-0.39, 0.29) is 36.4 Å². The summed E-state index contributed by atoms with van der Waals surface area (Å²) in [5.74, 6) is 0.757. The number of aliphatic hydroxyl groups is 1. The molecular formula is C17H29ClIN5O2S. The molecule has 1 aromatic heterocycles. The molecule has 0 bridgehead atoms. The predicted octanol–water partition coefficient (Wildman–Crippen LogP) is 1.82. The van der Waals surface area contributed by atoms with Crippen LogP contribution in [0.3, 0.4) is 0 Å². The molecule has 1 unspecified atom stereocenters. The fraction of sp³-hybridized carbons (Fsp3) is 0.647. The van der Waals surface area contributed by atoms with Gasteiger partial charge in [-0.2, -0.15) is 0 Å². The number of piperidine rings is 1. The molecule has 27 heavy (non-hydrogen) atoms. The molecule has 1 fully saturated rings. The highest BCUT2D eigenvalue weighted by atomic mass is 127. The van der Waals surface area contributed by atoms with Crippen LogP contribution in [-0.4, -0.2) is 67.7 Å². The third-order valence-corrected chi connectivity index (χ3v) is 5.60. The third-order valence-electron chi connectivity index (χ3n) is 4.26. The number of likely N-dealkylation sites (tertiary alicyclic amines) is 1. The number of carbonyl (C=O) groups is 1. The first kappa shape index (κ1) is 24.4. The van der Waals surface area contributed by atoms with Crippen LogP contribution in [0.5, 0.6) is 0 Å². The number of likely N-dealkylation sites (N-methyl/N-ethyl adjacent to an activating group) is 1. The molecule has 7 nitrogen and oxygen atoms in total. The molecule has 1 aliphatic heterocycles. The minimum Gasteiger partial charge on any atom is -0.386 e. The Kier molecular flexibility index (Phi) is 11.5. The number of guanidine groups is 1. The molecule has 154 valence electrons. The molecule has 0 aliphatic carbocycles. The summed E-state index contributed by atoms with van der Waals surface area (Å²) in [4.78, 5) is 18.9. The van der Waals surface area contributed by atoms with Crippen molar-refractivity contribution in [1.29, 1.82) is 0 Å². The average molecular weight is 530 g/mol. The maximum absolute atomic E-state index is 11.5. The highest BCUT2D eigenvalue weighted by Crippen LogP contribution is 2.26. The number of nitrogens with one attached hydrogen (secondary N) is 3. The van der Waals surface area contributed by atoms with Gasteiger partial charge < -0.3 is 21.1 Å². The van der Waals surface area contributed by atoms with E-state index in [1.54, 1.807) is 13.1 Å². The normalized spacial score (nSPS) is 17.1. The Morgan fingerprint density at radius 2 is 2.15 bits per heavy atom. The third kappa shape index (κ3) is 8.51. The minimum absolute atomic E-state index is 0. The van der Waals surface area contributed by atoms with Gasteiger partial charge in [0.15, 0.2) is 5.96 Å². The summed E-state index contributed by atoms with van der Waals surface area (Å²) in [5, 5.41) is 19.6. The second-order valence-electron chi connectivity index (χ2n) is 6.25. The summed E-state index contributed by atoms with van der Waals surface area (Å²) in [5.41, 5.74) is 0. The zero-order chi connectivity index (χ0) is 18.9. The van der Waals surface area contributed by atoms with Gasteiger partial charge in [-0.25, -0.2) is 0 Å². The first-order valence-corrected chi connectivity index (χ1v) is 10.1. The second-order valence-corrected chi connectivity index (χ2v) is 7.99. The Morgan fingerprint density at radius 1 is 1.44 bits per heavy atom. The molecule has 1 amide bonds. The summed E-state index contributed by atoms with van der Waals surface area (Å²) in [6, 6.07) is 3.92. The Hall–Kier alpha value is -0.620. The molecule has 1 aliphatic rings. The lowest BCUT2D eigenvalue weighted by molar-refractivity contribution is -0.122. The van der Waals surface area contributed by atoms with E-state index in [1.807, 2.05) is 13.0 Å². The maximum Gasteiger partial charge on any atom is 0.233 e. The van der Waals surface area contributed by atoms with E-state index >= 15 is 0 Å². The first-order valence-electron chi connectivity index (χ1n) is 8.93. The SMILES string of the molecule is CCNC(=NCC(O)c1ccc(Cl)s1)NC1CCN(CC(=O)NC)CC1.I. The minimum atomic E-state index is -0.655. The maximum atomic E-state index is 11.5. The van der Waals surface area contributed by atoms with Crippen molar-refractivity contribution in [1.82, 2.24) is 20.9 Å². The lowest BCUT2D eigenvalue weighted by atomic mass is 10.1. The van der Waals surface area contributed by atoms with E-state index in [2.05, 4.69) is 25.8 Å². The van der Waals surface area contributed by atoms with Crippen molar-refractivity contribution in [3.63, 3.8) is 0 Å². The van der Waals surface area contributed by atoms with Gasteiger partial charge in [0.1, 0.15) is 6.10 Å². The smallest absolute Gasteiger partial charge is 0.233 e. The largest absolute Gasteiger partial charge is 0.386 e. The number of halogens is 2. The molecule has 2 heterocycles. The van der Waals surface area contributed by atoms with Gasteiger partial charge in [0.2, 0.25) is 5.91 Å². The standard InChI is InChI=1S/C17H28ClN5O2S.HI/c1-3-20-17(21-10-13(24)14-4-5-15(18)26-14)22-12-6-8-23(9-7-12)11-16(25)19-2;/h4-5,12-13,24H,3,6-11H2,1-2H3,(H,19,25)(H2,20,21,22);1H. The zero-order valence-electron chi connectivity index (χ0n) is 15.7. The number of hydrogen-bond donors (Lipinski definition) is 4. The highest BCUT2D eigenvalue weighted by Gasteiger charge is 2.21. The fourth-order valence-electron chi connectivity index (χ4n) is 2.81. The number of rotatable bonds is 7. The van der Waals surface area contributed by atoms with Crippen LogP contribution < -0.4 is 16.0 Å². The van der Waals surface area contributed by atoms with E-state index in [0.29, 0.717) is 22.9 Å². The zero-order valence-corrected chi connectivity index (χ0v) is 19.6. The van der Waals surface area contributed by atoms with Crippen molar-refractivity contribution in [2.24, 2.45) is 4.99 Å². The Bertz CT molecular complexity index is 608. The van der Waals surface area contributed by atoms with Crippen LogP contribution >= 0.6 is 46.9 Å². The number of aliphatic imine (C=N–C) groups is 1. The monoisotopic (exact) mass is 529 g/mol. The molecule has 0 spiro atoms. The van der Waals surface area contributed by atoms with Crippen molar-refractivity contribution in [3.05, 3.63) is 21.3 Å². The van der Waals surface area contributed by atoms with Gasteiger partial charge in [0, 0.05) is 37.6 Å². The first-order chi connectivity index (χ1) is 12.5. The number of amides is 1. The van der Waals surface area contributed by atoms with Crippen LogP contribution in [0.15, 0.2) is 17.1 Å². The lowest BCUT2D eigenvalue weighted by Gasteiger charge is -2.32. The van der Waals surface area contributed by atoms with E-state index in [4.69, 9.17) is 11.6 Å². The van der Waals surface area contributed by atoms with Crippen LogP contribution in [0.2, 0.25) is 4.34 Å². The summed E-state index contributed by atoms with van der Waals surface area (Å²) < 4.78 is 0.663. The topological polar surface area (TPSA) is 89.0 Å². The van der Waals surface area contributed by atoms with E-state index in [0.717, 1.165) is 37.4 Å². The van der Waals surface area contributed by atoms with Crippen molar-refractivity contribution in [2.45, 2.75) is 31.9 Å². The summed E-state index contributed by atoms with van der Waals surface area (Å²) in [6.45, 7) is 5.25. The van der Waals surface area contributed by atoms with Crippen molar-refractivity contribution in [3.8, 4) is 0 Å². The molecule has 0 radical (unpaired) electrons. The fourth-order valence-corrected chi connectivity index (χ4v) is 3.84. The Balaban J connectivity index is 0.00000364. The van der Waals surface area contributed by atoms with Crippen molar-refractivity contribution >= 4 is 58.8 Å². The van der Waals surface area contributed by atoms with Crippen LogP contribution in [0.4, 0.5) is 0 Å². The molecule has 0 saturated carbocycles. The van der Waals surface area contributed by atoms with E-state index in [9.17, 15) is 9.90 Å². The lowest BCUT2D eigenvalue weighted by Crippen LogP contribution is -2.50. The summed E-state index contributed by atoms with van der Waals surface area (Å²) in [6.07, 6.45) is 1.24. The van der Waals surface area contributed by atoms with Gasteiger partial charge in [0.05, 0.1) is 17.4 Å². The number of thiophene rings is 1. The summed E-state index contributed by atoms with van der Waals surface area (Å²) in [7, 11) is 1.66. The van der Waals surface area contributed by atoms with Gasteiger partial charge in [-0.3, -0.25) is 14.7 Å². The second kappa shape index (κ2) is 12.8. The molecule has 1 saturated heterocycles. The van der Waals surface area contributed by atoms with Crippen molar-refractivity contribution < 1.29 is 9.90 Å². The summed E-state index contributed by atoms with van der Waals surface area (Å²) >= 11 is 7.29. The van der Waals surface area contributed by atoms with Crippen LogP contribution in [-0.2, 0) is 4.79 Å². The van der Waals surface area contributed by atoms with Gasteiger partial charge in [-0.15, -0.1) is 35.3 Å². The molecule has 10 heteroatoms. The average Bonchev–Trinajstić information content (AvgIpc) is 3.07. The highest BCUT2D eigenvalue weighted by molar-refractivity contribution is 14.0. The molecule has 1 aromatic rings. The molecule has 2 rings (SSSR count). The number of carbonyl (C=O) groups excluding carboxylic acids is 1. The van der Waals surface area contributed by atoms with Gasteiger partial charge in [-0.05, 0) is 31.9 Å². The molecular weight excluding hydrogens is 501 g/mol. The molecule has 1 atom stereocenters. The Morgan fingerprint density at radius 3 is 2.70 bits per heavy atom. The van der Waals surface area contributed by atoms with E-state index < -0.39 is 6.10 Å². The quantitative estimate of drug-likeness (QED) is 0.246. The van der Waals surface area contributed by atoms with E-state index in [1.165, 1.54) is 11.3 Å². The van der Waals surface area contributed by atoms with Gasteiger partial charge in [-0.1, -0.05) is 11.6 Å².